The minimum atomic E-state index is -0.467. The lowest BCUT2D eigenvalue weighted by molar-refractivity contribution is 0.0708. The Kier molecular flexibility index (Phi) is 7.17. The molecular weight excluding hydrogens is 480 g/mol. The first-order valence-electron chi connectivity index (χ1n) is 12.1. The number of hydrogen-bond donors (Lipinski definition) is 0. The van der Waals surface area contributed by atoms with E-state index in [4.69, 9.17) is 19.3 Å². The van der Waals surface area contributed by atoms with Crippen molar-refractivity contribution < 1.29 is 23.8 Å². The van der Waals surface area contributed by atoms with Crippen LogP contribution in [0.1, 0.15) is 44.3 Å². The molecule has 0 saturated heterocycles. The van der Waals surface area contributed by atoms with Crippen molar-refractivity contribution in [3.63, 3.8) is 0 Å². The molecule has 7 nitrogen and oxygen atoms in total. The Morgan fingerprint density at radius 2 is 1.37 bits per heavy atom. The van der Waals surface area contributed by atoms with Gasteiger partial charge in [0.15, 0.2) is 11.5 Å². The van der Waals surface area contributed by atoms with E-state index < -0.39 is 12.0 Å². The number of rotatable bonds is 7. The van der Waals surface area contributed by atoms with Crippen LogP contribution in [0.4, 0.5) is 0 Å². The maximum Gasteiger partial charge on any atom is 0.343 e. The monoisotopic (exact) mass is 506 g/mol. The summed E-state index contributed by atoms with van der Waals surface area (Å²) in [6.07, 6.45) is 0.411. The average molecular weight is 507 g/mol. The number of hydrogen-bond acceptors (Lipinski definition) is 6. The first-order valence-corrected chi connectivity index (χ1v) is 12.1. The van der Waals surface area contributed by atoms with E-state index in [-0.39, 0.29) is 5.91 Å². The van der Waals surface area contributed by atoms with E-state index in [1.807, 2.05) is 54.6 Å². The zero-order valence-electron chi connectivity index (χ0n) is 21.0. The lowest BCUT2D eigenvalue weighted by Gasteiger charge is -2.23. The summed E-state index contributed by atoms with van der Waals surface area (Å²) in [5, 5.41) is 6.26. The van der Waals surface area contributed by atoms with Crippen LogP contribution in [-0.2, 0) is 0 Å². The number of benzene rings is 4. The van der Waals surface area contributed by atoms with Gasteiger partial charge in [0, 0.05) is 17.5 Å². The van der Waals surface area contributed by atoms with Gasteiger partial charge in [0.25, 0.3) is 5.91 Å². The number of esters is 1. The molecule has 0 bridgehead atoms. The van der Waals surface area contributed by atoms with E-state index in [0.29, 0.717) is 46.1 Å². The minimum absolute atomic E-state index is 0.237. The van der Waals surface area contributed by atoms with Gasteiger partial charge in [-0.05, 0) is 54.1 Å². The number of carbonyl (C=O) groups excluding carboxylic acids is 2. The second-order valence-electron chi connectivity index (χ2n) is 8.65. The summed E-state index contributed by atoms with van der Waals surface area (Å²) in [5.41, 5.74) is 3.08. The summed E-state index contributed by atoms with van der Waals surface area (Å²) >= 11 is 0. The Hall–Kier alpha value is -4.91. The molecule has 5 rings (SSSR count). The van der Waals surface area contributed by atoms with Gasteiger partial charge >= 0.3 is 5.97 Å². The zero-order valence-corrected chi connectivity index (χ0v) is 21.0. The van der Waals surface area contributed by atoms with Crippen molar-refractivity contribution in [3.05, 3.63) is 125 Å². The van der Waals surface area contributed by atoms with Crippen molar-refractivity contribution in [2.45, 2.75) is 12.5 Å². The van der Waals surface area contributed by atoms with Crippen molar-refractivity contribution in [3.8, 4) is 17.2 Å². The Morgan fingerprint density at radius 1 is 0.737 bits per heavy atom. The smallest absolute Gasteiger partial charge is 0.343 e. The summed E-state index contributed by atoms with van der Waals surface area (Å²) in [7, 11) is 3.15. The standard InChI is InChI=1S/C31H26N2O5/c1-36-28-18-17-23(19-29(28)37-2)26-20-25(32-33(26)30(34)21-11-5-3-6-12-21)24-15-9-10-16-27(24)38-31(35)22-13-7-4-8-14-22/h3-19,26H,20H2,1-2H3. The minimum Gasteiger partial charge on any atom is -0.493 e. The molecular formula is C31H26N2O5. The molecule has 0 radical (unpaired) electrons. The molecule has 4 aromatic rings. The van der Waals surface area contributed by atoms with Crippen LogP contribution in [0.15, 0.2) is 108 Å². The van der Waals surface area contributed by atoms with Crippen LogP contribution >= 0.6 is 0 Å². The number of nitrogens with zero attached hydrogens (tertiary/aromatic N) is 2. The van der Waals surface area contributed by atoms with Crippen LogP contribution in [-0.4, -0.2) is 36.8 Å². The molecule has 1 atom stereocenters. The van der Waals surface area contributed by atoms with Crippen molar-refractivity contribution in [2.24, 2.45) is 5.10 Å². The van der Waals surface area contributed by atoms with Gasteiger partial charge in [-0.25, -0.2) is 9.80 Å². The molecule has 1 heterocycles. The highest BCUT2D eigenvalue weighted by Crippen LogP contribution is 2.39. The molecule has 1 unspecified atom stereocenters. The Labute approximate surface area is 220 Å². The summed E-state index contributed by atoms with van der Waals surface area (Å²) in [6, 6.07) is 30.2. The van der Waals surface area contributed by atoms with E-state index in [1.54, 1.807) is 62.8 Å². The molecule has 0 aromatic heterocycles. The zero-order chi connectivity index (χ0) is 26.5. The lowest BCUT2D eigenvalue weighted by atomic mass is 9.97. The quantitative estimate of drug-likeness (QED) is 0.230. The largest absolute Gasteiger partial charge is 0.493 e. The molecule has 0 N–H and O–H groups in total. The highest BCUT2D eigenvalue weighted by molar-refractivity contribution is 6.07. The Balaban J connectivity index is 1.53. The lowest BCUT2D eigenvalue weighted by Crippen LogP contribution is -2.27. The van der Waals surface area contributed by atoms with Crippen LogP contribution in [0.2, 0.25) is 0 Å². The fourth-order valence-corrected chi connectivity index (χ4v) is 4.42. The van der Waals surface area contributed by atoms with E-state index in [9.17, 15) is 9.59 Å². The number of hydrazone groups is 1. The maximum atomic E-state index is 13.6. The van der Waals surface area contributed by atoms with E-state index in [1.165, 1.54) is 5.01 Å². The van der Waals surface area contributed by atoms with Crippen molar-refractivity contribution >= 4 is 17.6 Å². The molecule has 0 fully saturated rings. The highest BCUT2D eigenvalue weighted by Gasteiger charge is 2.35. The first-order chi connectivity index (χ1) is 18.6. The summed E-state index contributed by atoms with van der Waals surface area (Å²) < 4.78 is 16.7. The van der Waals surface area contributed by atoms with Gasteiger partial charge in [0.2, 0.25) is 0 Å². The maximum absolute atomic E-state index is 13.6. The molecule has 7 heteroatoms. The fourth-order valence-electron chi connectivity index (χ4n) is 4.42. The van der Waals surface area contributed by atoms with Crippen molar-refractivity contribution in [1.82, 2.24) is 5.01 Å². The summed E-state index contributed by atoms with van der Waals surface area (Å²) in [6.45, 7) is 0. The van der Waals surface area contributed by atoms with Gasteiger partial charge in [-0.2, -0.15) is 5.10 Å². The fraction of sp³-hybridized carbons (Fsp3) is 0.129. The van der Waals surface area contributed by atoms with Crippen molar-refractivity contribution in [2.75, 3.05) is 14.2 Å². The number of amides is 1. The van der Waals surface area contributed by atoms with Crippen LogP contribution in [0, 0.1) is 0 Å². The van der Waals surface area contributed by atoms with Crippen LogP contribution < -0.4 is 14.2 Å². The van der Waals surface area contributed by atoms with Gasteiger partial charge in [0.1, 0.15) is 5.75 Å². The van der Waals surface area contributed by atoms with E-state index in [0.717, 1.165) is 5.56 Å². The van der Waals surface area contributed by atoms with E-state index >= 15 is 0 Å². The second-order valence-corrected chi connectivity index (χ2v) is 8.65. The highest BCUT2D eigenvalue weighted by atomic mass is 16.5. The molecule has 1 amide bonds. The van der Waals surface area contributed by atoms with Gasteiger partial charge in [-0.3, -0.25) is 4.79 Å². The van der Waals surface area contributed by atoms with E-state index in [2.05, 4.69) is 0 Å². The Morgan fingerprint density at radius 3 is 2.05 bits per heavy atom. The molecule has 38 heavy (non-hydrogen) atoms. The molecule has 0 spiro atoms. The predicted molar refractivity (Wildman–Crippen MR) is 144 cm³/mol. The third kappa shape index (κ3) is 4.99. The SMILES string of the molecule is COc1ccc(C2CC(c3ccccc3OC(=O)c3ccccc3)=NN2C(=O)c2ccccc2)cc1OC. The van der Waals surface area contributed by atoms with Gasteiger partial charge in [-0.1, -0.05) is 54.6 Å². The topological polar surface area (TPSA) is 77.4 Å². The molecule has 0 aliphatic carbocycles. The molecule has 190 valence electrons. The number of carbonyl (C=O) groups is 2. The normalized spacial score (nSPS) is 14.5. The number of methoxy groups -OCH3 is 2. The average Bonchev–Trinajstić information content (AvgIpc) is 3.43. The van der Waals surface area contributed by atoms with Gasteiger partial charge in [-0.15, -0.1) is 0 Å². The van der Waals surface area contributed by atoms with Gasteiger partial charge in [0.05, 0.1) is 31.5 Å². The summed E-state index contributed by atoms with van der Waals surface area (Å²) in [5.74, 6) is 0.821. The van der Waals surface area contributed by atoms with Crippen LogP contribution in [0.25, 0.3) is 0 Å². The second kappa shape index (κ2) is 11.0. The molecule has 4 aromatic carbocycles. The Bertz CT molecular complexity index is 1480. The van der Waals surface area contributed by atoms with Gasteiger partial charge < -0.3 is 14.2 Å². The predicted octanol–water partition coefficient (Wildman–Crippen LogP) is 5.91. The van der Waals surface area contributed by atoms with Crippen LogP contribution in [0.3, 0.4) is 0 Å². The van der Waals surface area contributed by atoms with Crippen LogP contribution in [0.5, 0.6) is 17.2 Å². The number of para-hydroxylation sites is 1. The third-order valence-corrected chi connectivity index (χ3v) is 6.34. The molecule has 0 saturated carbocycles. The van der Waals surface area contributed by atoms with Crippen molar-refractivity contribution in [1.29, 1.82) is 0 Å². The first kappa shape index (κ1) is 24.8. The molecule has 1 aliphatic rings. The third-order valence-electron chi connectivity index (χ3n) is 6.34. The number of ether oxygens (including phenoxy) is 3. The molecule has 1 aliphatic heterocycles. The summed E-state index contributed by atoms with van der Waals surface area (Å²) in [4.78, 5) is 26.4.